The molecule has 0 unspecified atom stereocenters. The predicted molar refractivity (Wildman–Crippen MR) is 413 cm³/mol. The number of nitrogens with one attached hydrogen (secondary N) is 2. The van der Waals surface area contributed by atoms with E-state index in [-0.39, 0.29) is 218 Å². The van der Waals surface area contributed by atoms with Crippen LogP contribution < -0.4 is 78.9 Å². The summed E-state index contributed by atoms with van der Waals surface area (Å²) in [6, 6.07) is 8.59. The van der Waals surface area contributed by atoms with E-state index < -0.39 is 95.6 Å². The van der Waals surface area contributed by atoms with Crippen molar-refractivity contribution in [3.63, 3.8) is 0 Å². The molecule has 32 nitrogen and oxygen atoms in total. The smallest absolute Gasteiger partial charge is 0.744 e. The standard InChI is InChI=1S/C78H88N12O20S4.2Na/c1-75(2)55-39-47(111(97,98)99)43-85(9)67(55)81-59(75)19-11-21-61-77(5,6)57-41-49(113(103,104)105)45-87(69(57)83-61)31-13-23-63(91)79-29-15-35-109-37-17-33-89-71(93)51-25-27-53-66-54(28-26-52(65(51)66)72(89)94)74(96)90(73(53)95)34-18-38-110-36-16-30-80-64(92)24-14-32-88-46-50(114(106,107)108)42-58-70(88)84-62(78(58,7)8)22-12-20-60-76(3,4)56-40-48(112(100,101)102)44-86(10)68(56)82-60;;/h11-12,19-22,25-28,39-46H,13-18,23-24,29-38H2,1-10H3,(H4-2,79,80,91,92,97,98,99,100,101,102,103,104,105,106,107,108);;/q;2*+1/p-2. The third-order valence-corrected chi connectivity index (χ3v) is 24.6. The first-order valence-electron chi connectivity index (χ1n) is 36.9. The molecule has 0 saturated carbocycles. The summed E-state index contributed by atoms with van der Waals surface area (Å²) in [6.07, 6.45) is 19.9. The van der Waals surface area contributed by atoms with Gasteiger partial charge in [0.1, 0.15) is 64.5 Å². The van der Waals surface area contributed by atoms with Gasteiger partial charge in [-0.3, -0.25) is 38.6 Å². The van der Waals surface area contributed by atoms with E-state index in [1.165, 1.54) is 82.5 Å². The molecule has 0 atom stereocenters. The number of amides is 6. The van der Waals surface area contributed by atoms with Crippen molar-refractivity contribution in [2.24, 2.45) is 44.9 Å². The van der Waals surface area contributed by atoms with Gasteiger partial charge in [0, 0.05) is 146 Å². The number of fused-ring (bicyclic) bond motifs is 4. The molecule has 10 heterocycles. The average molecular weight is 1690 g/mol. The molecule has 0 spiro atoms. The molecule has 8 aliphatic heterocycles. The minimum atomic E-state index is -4.91. The Labute approximate surface area is 717 Å². The van der Waals surface area contributed by atoms with E-state index in [9.17, 15) is 80.6 Å². The van der Waals surface area contributed by atoms with Crippen LogP contribution in [0.2, 0.25) is 0 Å². The third kappa shape index (κ3) is 18.4. The first kappa shape index (κ1) is 90.3. The molecule has 0 saturated heterocycles. The van der Waals surface area contributed by atoms with Gasteiger partial charge in [0.15, 0.2) is 11.4 Å². The number of rotatable bonds is 32. The first-order valence-corrected chi connectivity index (χ1v) is 42.5. The Bertz CT molecular complexity index is 5320. The zero-order valence-corrected chi connectivity index (χ0v) is 73.7. The maximum Gasteiger partial charge on any atom is 1.00 e. The number of aliphatic imine (C=N–C) groups is 4. The molecule has 0 radical (unpaired) electrons. The second-order valence-electron chi connectivity index (χ2n) is 30.8. The van der Waals surface area contributed by atoms with Crippen LogP contribution in [0.1, 0.15) is 159 Å². The minimum absolute atomic E-state index is 0. The second-order valence-corrected chi connectivity index (χ2v) is 36.3. The molecule has 38 heteroatoms. The molecule has 8 aliphatic rings. The van der Waals surface area contributed by atoms with Gasteiger partial charge in [0.05, 0.1) is 67.0 Å². The van der Waals surface area contributed by atoms with Crippen molar-refractivity contribution < 1.29 is 158 Å². The number of aryl methyl sites for hydroxylation is 2. The number of hydrogen-bond acceptors (Lipinski definition) is 26. The van der Waals surface area contributed by atoms with Crippen LogP contribution in [0.3, 0.4) is 0 Å². The summed E-state index contributed by atoms with van der Waals surface area (Å²) in [6.45, 7) is 16.3. The van der Waals surface area contributed by atoms with E-state index >= 15 is 0 Å². The quantitative estimate of drug-likeness (QED) is 0.0214. The van der Waals surface area contributed by atoms with Crippen LogP contribution in [-0.2, 0) is 84.5 Å². The maximum atomic E-state index is 14.0. The number of carbonyl (C=O) groups excluding carboxylic acids is 6. The predicted octanol–water partition coefficient (Wildman–Crippen LogP) is 0.0252. The molecular formula is C78H86N12Na2O20S4. The molecule has 2 aromatic heterocycles. The van der Waals surface area contributed by atoms with Gasteiger partial charge < -0.3 is 48.1 Å². The third-order valence-electron chi connectivity index (χ3n) is 21.4. The second kappa shape index (κ2) is 34.7. The summed E-state index contributed by atoms with van der Waals surface area (Å²) in [5.41, 5.74) is 1.64. The summed E-state index contributed by atoms with van der Waals surface area (Å²) in [5.74, 6) is -1.15. The fourth-order valence-electron chi connectivity index (χ4n) is 14.9. The van der Waals surface area contributed by atoms with Gasteiger partial charge >= 0.3 is 70.8 Å². The van der Waals surface area contributed by atoms with Crippen molar-refractivity contribution in [1.82, 2.24) is 30.2 Å². The molecule has 0 fully saturated rings. The van der Waals surface area contributed by atoms with E-state index in [1.807, 2.05) is 55.4 Å². The van der Waals surface area contributed by atoms with Crippen molar-refractivity contribution in [2.75, 3.05) is 65.7 Å². The average Bonchev–Trinajstić information content (AvgIpc) is 1.03. The Kier molecular flexibility index (Phi) is 27.0. The minimum Gasteiger partial charge on any atom is -0.744 e. The molecule has 6 amide bonds. The van der Waals surface area contributed by atoms with Crippen molar-refractivity contribution >= 4 is 121 Å². The van der Waals surface area contributed by atoms with Gasteiger partial charge in [0.2, 0.25) is 11.8 Å². The van der Waals surface area contributed by atoms with Crippen LogP contribution in [0.5, 0.6) is 0 Å². The Balaban J connectivity index is 0.00000710. The van der Waals surface area contributed by atoms with Gasteiger partial charge in [-0.2, -0.15) is 0 Å². The molecule has 0 aliphatic carbocycles. The van der Waals surface area contributed by atoms with Crippen molar-refractivity contribution in [3.8, 4) is 0 Å². The maximum absolute atomic E-state index is 14.0. The molecule has 12 rings (SSSR count). The van der Waals surface area contributed by atoms with Gasteiger partial charge in [-0.1, -0.05) is 39.8 Å². The number of pyridine rings is 2. The fourth-order valence-corrected chi connectivity index (χ4v) is 17.0. The van der Waals surface area contributed by atoms with Crippen molar-refractivity contribution in [3.05, 3.63) is 176 Å². The van der Waals surface area contributed by atoms with E-state index in [0.717, 1.165) is 9.80 Å². The number of carbonyl (C=O) groups is 6. The summed E-state index contributed by atoms with van der Waals surface area (Å²) in [4.78, 5) is 105. The number of nitrogens with zero attached hydrogens (tertiary/aromatic N) is 10. The summed E-state index contributed by atoms with van der Waals surface area (Å²) >= 11 is 0. The van der Waals surface area contributed by atoms with Gasteiger partial charge in [-0.15, -0.1) is 0 Å². The topological polar surface area (TPSA) is 444 Å². The van der Waals surface area contributed by atoms with E-state index in [0.29, 0.717) is 81.2 Å². The number of ether oxygens (including phenoxy) is 2. The van der Waals surface area contributed by atoms with E-state index in [4.69, 9.17) is 29.4 Å². The van der Waals surface area contributed by atoms with Crippen molar-refractivity contribution in [2.45, 2.75) is 127 Å². The number of amidine groups is 2. The number of imide groups is 2. The van der Waals surface area contributed by atoms with Crippen LogP contribution >= 0.6 is 0 Å². The molecule has 2 aromatic carbocycles. The monoisotopic (exact) mass is 1680 g/mol. The largest absolute Gasteiger partial charge is 1.00 e. The molecule has 4 aromatic rings. The van der Waals surface area contributed by atoms with Crippen LogP contribution in [0, 0.1) is 10.8 Å². The Morgan fingerprint density at radius 3 is 1.14 bits per heavy atom. The van der Waals surface area contributed by atoms with Crippen LogP contribution in [-0.4, -0.2) is 196 Å². The van der Waals surface area contributed by atoms with Crippen LogP contribution in [0.15, 0.2) is 172 Å². The zero-order chi connectivity index (χ0) is 82.7. The van der Waals surface area contributed by atoms with E-state index in [2.05, 4.69) is 10.6 Å². The zero-order valence-electron chi connectivity index (χ0n) is 66.4. The fraction of sp³-hybridized carbons (Fsp3) is 0.410. The summed E-state index contributed by atoms with van der Waals surface area (Å²) in [7, 11) is -16.1. The first-order chi connectivity index (χ1) is 53.4. The Morgan fingerprint density at radius 1 is 0.474 bits per heavy atom. The molecule has 2 N–H and O–H groups in total. The van der Waals surface area contributed by atoms with Crippen LogP contribution in [0.4, 0.5) is 11.6 Å². The van der Waals surface area contributed by atoms with Gasteiger partial charge in [0.25, 0.3) is 23.6 Å². The normalized spacial score (nSPS) is 18.9. The van der Waals surface area contributed by atoms with Gasteiger partial charge in [-0.25, -0.2) is 52.8 Å². The molecule has 116 heavy (non-hydrogen) atoms. The Hall–Kier alpha value is -8.02. The molecule has 604 valence electrons. The number of hydrogen-bond donors (Lipinski definition) is 2. The number of aromatic nitrogens is 2. The Morgan fingerprint density at radius 2 is 0.810 bits per heavy atom. The summed E-state index contributed by atoms with van der Waals surface area (Å²) in [5, 5.41) is 6.13. The van der Waals surface area contributed by atoms with Crippen LogP contribution in [0.25, 0.3) is 10.8 Å². The summed E-state index contributed by atoms with van der Waals surface area (Å²) < 4.78 is 160. The molecule has 0 bridgehead atoms. The van der Waals surface area contributed by atoms with Gasteiger partial charge in [-0.05, 0) is 149 Å². The number of benzene rings is 2. The molecular weight excluding hydrogens is 1600 g/mol. The van der Waals surface area contributed by atoms with E-state index in [1.54, 1.807) is 60.4 Å². The number of allylic oxidation sites excluding steroid dienone is 10. The van der Waals surface area contributed by atoms with Crippen molar-refractivity contribution in [1.29, 1.82) is 0 Å². The SMILES string of the molecule is C[n+]1cc(S(=O)(=O)[O-])cc2c1N=C(/C=C/C=C1\N=C3C(=CC(S(=O)(=O)[O-])=CN3CCCC(=O)NCCCOCCCN3C(=O)c4ccc5c6c(ccc(c46)C3=O)C(=O)N(CCCOCCCNC(=O)CCCN3C=C(S(=O)(=O)[O-])C=C4C3=N/C(=C/C=C/C3=Nc6c(cc(S(=O)(=O)[O-])c[n+]6C)C3(C)C)C4(C)C)C5=O)C1(C)C)C2(C)C.[Na+].[Na+].